The summed E-state index contributed by atoms with van der Waals surface area (Å²) < 4.78 is 52.9. The molecule has 4 rings (SSSR count). The first-order valence-corrected chi connectivity index (χ1v) is 10.6. The predicted molar refractivity (Wildman–Crippen MR) is 122 cm³/mol. The van der Waals surface area contributed by atoms with Crippen LogP contribution in [0.4, 0.5) is 13.2 Å². The Hall–Kier alpha value is -3.59. The second-order valence-electron chi connectivity index (χ2n) is 8.23. The number of fused-ring (bicyclic) bond motifs is 1. The number of carbonyl (C=O) groups is 1. The number of amides is 1. The van der Waals surface area contributed by atoms with Gasteiger partial charge in [0.05, 0.1) is 30.3 Å². The summed E-state index contributed by atoms with van der Waals surface area (Å²) in [4.78, 5) is 16.2. The summed E-state index contributed by atoms with van der Waals surface area (Å²) in [5.74, 6) is -0.909. The van der Waals surface area contributed by atoms with E-state index in [1.54, 1.807) is 37.3 Å². The van der Waals surface area contributed by atoms with Gasteiger partial charge in [0.15, 0.2) is 0 Å². The Labute approximate surface area is 194 Å². The highest BCUT2D eigenvalue weighted by atomic mass is 19.4. The molecule has 1 unspecified atom stereocenters. The fourth-order valence-corrected chi connectivity index (χ4v) is 3.81. The molecule has 0 aliphatic heterocycles. The maximum absolute atomic E-state index is 13.8. The van der Waals surface area contributed by atoms with E-state index in [4.69, 9.17) is 9.47 Å². The maximum atomic E-state index is 13.8. The average Bonchev–Trinajstić information content (AvgIpc) is 3.19. The van der Waals surface area contributed by atoms with Crippen LogP contribution < -0.4 is 10.1 Å². The summed E-state index contributed by atoms with van der Waals surface area (Å²) in [5, 5.41) is 2.89. The summed E-state index contributed by atoms with van der Waals surface area (Å²) in [6.07, 6.45) is 0.566. The molecule has 0 saturated carbocycles. The van der Waals surface area contributed by atoms with Crippen LogP contribution in [0.2, 0.25) is 0 Å². The normalized spacial score (nSPS) is 18.1. The van der Waals surface area contributed by atoms with Gasteiger partial charge >= 0.3 is 6.18 Å². The number of ether oxygens (including phenoxy) is 2. The van der Waals surface area contributed by atoms with Crippen LogP contribution in [0.25, 0.3) is 16.7 Å². The van der Waals surface area contributed by atoms with Crippen molar-refractivity contribution in [3.05, 3.63) is 78.1 Å². The van der Waals surface area contributed by atoms with E-state index >= 15 is 0 Å². The van der Waals surface area contributed by atoms with Crippen LogP contribution in [0.3, 0.4) is 0 Å². The van der Waals surface area contributed by atoms with Crippen molar-refractivity contribution in [2.75, 3.05) is 13.7 Å². The third kappa shape index (κ3) is 5.14. The van der Waals surface area contributed by atoms with Crippen molar-refractivity contribution >= 4 is 22.6 Å². The number of imidazole rings is 1. The third-order valence-corrected chi connectivity index (χ3v) is 5.50. The van der Waals surface area contributed by atoms with E-state index in [0.29, 0.717) is 30.0 Å². The zero-order valence-corrected chi connectivity index (χ0v) is 18.7. The van der Waals surface area contributed by atoms with Gasteiger partial charge in [-0.05, 0) is 37.1 Å². The molecule has 1 aromatic heterocycles. The number of nitrogens with one attached hydrogen (secondary N) is 1. The summed E-state index contributed by atoms with van der Waals surface area (Å²) in [6, 6.07) is 14.1. The van der Waals surface area contributed by atoms with E-state index in [9.17, 15) is 18.0 Å². The molecular formula is C25H24F3N3O3. The number of alkyl halides is 3. The molecule has 9 heteroatoms. The van der Waals surface area contributed by atoms with Crippen molar-refractivity contribution < 1.29 is 27.4 Å². The second-order valence-corrected chi connectivity index (χ2v) is 8.23. The highest BCUT2D eigenvalue weighted by molar-refractivity contribution is 5.84. The van der Waals surface area contributed by atoms with E-state index < -0.39 is 17.5 Å². The van der Waals surface area contributed by atoms with Crippen LogP contribution in [-0.2, 0) is 22.3 Å². The summed E-state index contributed by atoms with van der Waals surface area (Å²) >= 11 is 0. The first-order valence-electron chi connectivity index (χ1n) is 10.6. The average molecular weight is 471 g/mol. The van der Waals surface area contributed by atoms with E-state index in [2.05, 4.69) is 10.3 Å². The Morgan fingerprint density at radius 3 is 2.62 bits per heavy atom. The molecule has 1 aliphatic rings. The van der Waals surface area contributed by atoms with Crippen LogP contribution in [0.15, 0.2) is 66.8 Å². The number of benzene rings is 2. The van der Waals surface area contributed by atoms with Gasteiger partial charge in [-0.3, -0.25) is 9.36 Å². The topological polar surface area (TPSA) is 65.4 Å². The third-order valence-electron chi connectivity index (χ3n) is 5.50. The highest BCUT2D eigenvalue weighted by Gasteiger charge is 2.39. The Balaban J connectivity index is 1.48. The van der Waals surface area contributed by atoms with Crippen molar-refractivity contribution in [1.82, 2.24) is 14.9 Å². The number of hydrogen-bond acceptors (Lipinski definition) is 4. The number of allylic oxidation sites excluding steroid dienone is 2. The van der Waals surface area contributed by atoms with Gasteiger partial charge in [0, 0.05) is 11.8 Å². The van der Waals surface area contributed by atoms with E-state index in [-0.39, 0.29) is 18.0 Å². The highest BCUT2D eigenvalue weighted by Crippen LogP contribution is 2.36. The summed E-state index contributed by atoms with van der Waals surface area (Å²) in [6.45, 7) is 1.98. The first kappa shape index (κ1) is 23.6. The van der Waals surface area contributed by atoms with Crippen LogP contribution in [0.5, 0.6) is 5.75 Å². The molecule has 6 nitrogen and oxygen atoms in total. The second kappa shape index (κ2) is 9.34. The quantitative estimate of drug-likeness (QED) is 0.529. The smallest absolute Gasteiger partial charge is 0.450 e. The molecule has 3 aromatic rings. The molecule has 178 valence electrons. The zero-order valence-electron chi connectivity index (χ0n) is 18.7. The van der Waals surface area contributed by atoms with Crippen LogP contribution in [-0.4, -0.2) is 34.7 Å². The van der Waals surface area contributed by atoms with Crippen LogP contribution >= 0.6 is 0 Å². The lowest BCUT2D eigenvalue weighted by atomic mass is 9.92. The minimum atomic E-state index is -4.65. The standard InChI is InChI=1S/C25H24F3N3O3/c1-24(30-22(32)16-34-15-17-6-4-3-5-7-17)12-10-18(11-13-24)31-21-9-8-19(33-2)14-20(21)29-23(31)25(26,27)28/h3-12,14H,13,15-16H2,1-2H3,(H,30,32). The van der Waals surface area contributed by atoms with Gasteiger partial charge in [-0.2, -0.15) is 13.2 Å². The van der Waals surface area contributed by atoms with Crippen molar-refractivity contribution in [2.24, 2.45) is 0 Å². The molecule has 0 saturated heterocycles. The molecule has 0 bridgehead atoms. The number of rotatable bonds is 7. The van der Waals surface area contributed by atoms with Gasteiger partial charge in [0.2, 0.25) is 11.7 Å². The number of carbonyl (C=O) groups excluding carboxylic acids is 1. The molecule has 0 fully saturated rings. The first-order chi connectivity index (χ1) is 16.2. The van der Waals surface area contributed by atoms with Crippen LogP contribution in [0.1, 0.15) is 24.7 Å². The molecule has 1 atom stereocenters. The Morgan fingerprint density at radius 1 is 1.21 bits per heavy atom. The monoisotopic (exact) mass is 471 g/mol. The van der Waals surface area contributed by atoms with Crippen molar-refractivity contribution in [3.8, 4) is 5.75 Å². The van der Waals surface area contributed by atoms with E-state index in [1.807, 2.05) is 30.3 Å². The fourth-order valence-electron chi connectivity index (χ4n) is 3.81. The minimum Gasteiger partial charge on any atom is -0.497 e. The van der Waals surface area contributed by atoms with Gasteiger partial charge in [0.25, 0.3) is 0 Å². The Morgan fingerprint density at radius 2 is 1.97 bits per heavy atom. The van der Waals surface area contributed by atoms with Gasteiger partial charge < -0.3 is 14.8 Å². The van der Waals surface area contributed by atoms with Gasteiger partial charge in [-0.15, -0.1) is 0 Å². The number of hydrogen-bond donors (Lipinski definition) is 1. The lowest BCUT2D eigenvalue weighted by molar-refractivity contribution is -0.145. The van der Waals surface area contributed by atoms with Crippen LogP contribution in [0, 0.1) is 0 Å². The zero-order chi connectivity index (χ0) is 24.3. The molecule has 1 N–H and O–H groups in total. The van der Waals surface area contributed by atoms with Crippen molar-refractivity contribution in [3.63, 3.8) is 0 Å². The molecule has 34 heavy (non-hydrogen) atoms. The van der Waals surface area contributed by atoms with Gasteiger partial charge in [0.1, 0.15) is 12.4 Å². The Kier molecular flexibility index (Phi) is 6.47. The molecule has 0 radical (unpaired) electrons. The van der Waals surface area contributed by atoms with E-state index in [1.165, 1.54) is 13.2 Å². The van der Waals surface area contributed by atoms with Gasteiger partial charge in [-0.25, -0.2) is 4.98 Å². The number of nitrogens with zero attached hydrogens (tertiary/aromatic N) is 2. The number of aromatic nitrogens is 2. The lowest BCUT2D eigenvalue weighted by Gasteiger charge is -2.30. The predicted octanol–water partition coefficient (Wildman–Crippen LogP) is 4.96. The largest absolute Gasteiger partial charge is 0.497 e. The minimum absolute atomic E-state index is 0.124. The molecule has 1 amide bonds. The van der Waals surface area contributed by atoms with Crippen molar-refractivity contribution in [2.45, 2.75) is 31.7 Å². The molecule has 2 aromatic carbocycles. The molecule has 0 spiro atoms. The maximum Gasteiger partial charge on any atom is 0.450 e. The Bertz CT molecular complexity index is 1250. The molecule has 1 heterocycles. The SMILES string of the molecule is COc1ccc2c(c1)nc(C(F)(F)F)n2C1=CCC(C)(NC(=O)COCc2ccccc2)C=C1. The fraction of sp³-hybridized carbons (Fsp3) is 0.280. The molecule has 1 aliphatic carbocycles. The van der Waals surface area contributed by atoms with Gasteiger partial charge in [-0.1, -0.05) is 42.5 Å². The number of methoxy groups -OCH3 is 1. The summed E-state index contributed by atoms with van der Waals surface area (Å²) in [5.41, 5.74) is 1.02. The lowest BCUT2D eigenvalue weighted by Crippen LogP contribution is -2.46. The molecular weight excluding hydrogens is 447 g/mol. The van der Waals surface area contributed by atoms with E-state index in [0.717, 1.165) is 10.1 Å². The van der Waals surface area contributed by atoms with Crippen molar-refractivity contribution in [1.29, 1.82) is 0 Å². The summed E-state index contributed by atoms with van der Waals surface area (Å²) in [7, 11) is 1.44. The number of halogens is 3.